The van der Waals surface area contributed by atoms with Crippen LogP contribution in [-0.4, -0.2) is 38.4 Å². The SMILES string of the molecule is COC1C=C(n2nnc(-c3ccccn3)n2)C=CC(c2cccc3c2oc2ccccc23)C1. The summed E-state index contributed by atoms with van der Waals surface area (Å²) in [6, 6.07) is 20.1. The summed E-state index contributed by atoms with van der Waals surface area (Å²) in [5, 5.41) is 15.2. The molecule has 0 saturated heterocycles. The molecular weight excluding hydrogens is 414 g/mol. The van der Waals surface area contributed by atoms with E-state index in [4.69, 9.17) is 9.15 Å². The van der Waals surface area contributed by atoms with Gasteiger partial charge < -0.3 is 9.15 Å². The molecule has 0 aliphatic heterocycles. The second-order valence-electron chi connectivity index (χ2n) is 8.01. The predicted octanol–water partition coefficient (Wildman–Crippen LogP) is 5.23. The summed E-state index contributed by atoms with van der Waals surface area (Å²) >= 11 is 0. The minimum atomic E-state index is -0.121. The Morgan fingerprint density at radius 1 is 1.00 bits per heavy atom. The molecule has 1 aliphatic carbocycles. The van der Waals surface area contributed by atoms with Gasteiger partial charge in [0.05, 0.1) is 11.8 Å². The van der Waals surface area contributed by atoms with Gasteiger partial charge in [0.25, 0.3) is 0 Å². The van der Waals surface area contributed by atoms with Crippen LogP contribution in [0.15, 0.2) is 89.5 Å². The van der Waals surface area contributed by atoms with Crippen LogP contribution in [0, 0.1) is 0 Å². The maximum Gasteiger partial charge on any atom is 0.223 e. The number of hydrogen-bond donors (Lipinski definition) is 0. The number of aromatic nitrogens is 5. The number of rotatable bonds is 4. The minimum absolute atomic E-state index is 0.103. The number of pyridine rings is 1. The van der Waals surface area contributed by atoms with Gasteiger partial charge in [-0.1, -0.05) is 48.5 Å². The summed E-state index contributed by atoms with van der Waals surface area (Å²) in [7, 11) is 1.72. The van der Waals surface area contributed by atoms with Crippen LogP contribution in [0.25, 0.3) is 39.2 Å². The van der Waals surface area contributed by atoms with Crippen LogP contribution >= 0.6 is 0 Å². The van der Waals surface area contributed by atoms with Gasteiger partial charge in [-0.15, -0.1) is 15.0 Å². The van der Waals surface area contributed by atoms with Crippen molar-refractivity contribution in [3.63, 3.8) is 0 Å². The first kappa shape index (κ1) is 19.6. The molecule has 0 saturated carbocycles. The van der Waals surface area contributed by atoms with Crippen molar-refractivity contribution in [2.24, 2.45) is 0 Å². The Labute approximate surface area is 190 Å². The first-order chi connectivity index (χ1) is 16.3. The van der Waals surface area contributed by atoms with Crippen molar-refractivity contribution < 1.29 is 9.15 Å². The molecule has 33 heavy (non-hydrogen) atoms. The number of methoxy groups -OCH3 is 1. The number of para-hydroxylation sites is 2. The number of ether oxygens (including phenoxy) is 1. The minimum Gasteiger partial charge on any atom is -0.456 e. The summed E-state index contributed by atoms with van der Waals surface area (Å²) in [5.41, 5.74) is 4.43. The van der Waals surface area contributed by atoms with Gasteiger partial charge in [-0.25, -0.2) is 0 Å². The lowest BCUT2D eigenvalue weighted by molar-refractivity contribution is 0.131. The monoisotopic (exact) mass is 435 g/mol. The molecule has 0 bridgehead atoms. The Kier molecular flexibility index (Phi) is 4.81. The van der Waals surface area contributed by atoms with Gasteiger partial charge in [-0.2, -0.15) is 0 Å². The van der Waals surface area contributed by atoms with Crippen LogP contribution < -0.4 is 0 Å². The molecule has 5 aromatic rings. The zero-order chi connectivity index (χ0) is 22.2. The van der Waals surface area contributed by atoms with E-state index in [1.807, 2.05) is 48.6 Å². The average Bonchev–Trinajstić information content (AvgIpc) is 3.44. The average molecular weight is 435 g/mol. The molecule has 0 spiro atoms. The van der Waals surface area contributed by atoms with E-state index in [9.17, 15) is 0 Å². The van der Waals surface area contributed by atoms with Gasteiger partial charge >= 0.3 is 0 Å². The Hall–Kier alpha value is -4.10. The molecule has 0 fully saturated rings. The normalized spacial score (nSPS) is 18.5. The van der Waals surface area contributed by atoms with E-state index >= 15 is 0 Å². The van der Waals surface area contributed by atoms with Crippen LogP contribution in [-0.2, 0) is 4.74 Å². The van der Waals surface area contributed by atoms with Crippen molar-refractivity contribution in [2.45, 2.75) is 18.4 Å². The van der Waals surface area contributed by atoms with E-state index < -0.39 is 0 Å². The summed E-state index contributed by atoms with van der Waals surface area (Å²) < 4.78 is 12.1. The molecule has 7 nitrogen and oxygen atoms in total. The van der Waals surface area contributed by atoms with Gasteiger partial charge in [-0.05, 0) is 42.0 Å². The van der Waals surface area contributed by atoms with Crippen molar-refractivity contribution in [1.82, 2.24) is 25.2 Å². The molecule has 3 aromatic heterocycles. The van der Waals surface area contributed by atoms with Crippen LogP contribution in [0.3, 0.4) is 0 Å². The van der Waals surface area contributed by atoms with Crippen LogP contribution in [0.1, 0.15) is 17.9 Å². The lowest BCUT2D eigenvalue weighted by Crippen LogP contribution is -2.12. The molecule has 2 aromatic carbocycles. The van der Waals surface area contributed by atoms with Gasteiger partial charge in [-0.3, -0.25) is 4.98 Å². The Morgan fingerprint density at radius 2 is 1.88 bits per heavy atom. The van der Waals surface area contributed by atoms with Gasteiger partial charge in [0.2, 0.25) is 5.82 Å². The largest absolute Gasteiger partial charge is 0.456 e. The summed E-state index contributed by atoms with van der Waals surface area (Å²) in [4.78, 5) is 5.83. The summed E-state index contributed by atoms with van der Waals surface area (Å²) in [6.45, 7) is 0. The zero-order valence-corrected chi connectivity index (χ0v) is 18.0. The molecule has 3 heterocycles. The Morgan fingerprint density at radius 3 is 2.76 bits per heavy atom. The lowest BCUT2D eigenvalue weighted by atomic mass is 9.92. The highest BCUT2D eigenvalue weighted by Gasteiger charge is 2.23. The standard InChI is InChI=1S/C26H21N5O2/c1-32-19-15-17(20-8-6-9-22-21-7-2-3-11-24(21)33-25(20)22)12-13-18(16-19)31-29-26(28-30-31)23-10-4-5-14-27-23/h2-14,16-17,19H,15H2,1H3. The fourth-order valence-electron chi connectivity index (χ4n) is 4.37. The van der Waals surface area contributed by atoms with Crippen molar-refractivity contribution in [1.29, 1.82) is 0 Å². The molecule has 0 radical (unpaired) electrons. The van der Waals surface area contributed by atoms with Crippen molar-refractivity contribution in [2.75, 3.05) is 7.11 Å². The molecule has 162 valence electrons. The zero-order valence-electron chi connectivity index (χ0n) is 18.0. The number of hydrogen-bond acceptors (Lipinski definition) is 6. The quantitative estimate of drug-likeness (QED) is 0.384. The maximum atomic E-state index is 6.27. The van der Waals surface area contributed by atoms with Gasteiger partial charge in [0.1, 0.15) is 16.9 Å². The first-order valence-electron chi connectivity index (χ1n) is 10.8. The highest BCUT2D eigenvalue weighted by molar-refractivity contribution is 6.06. The molecule has 0 amide bonds. The van der Waals surface area contributed by atoms with Crippen LogP contribution in [0.2, 0.25) is 0 Å². The number of fused-ring (bicyclic) bond motifs is 3. The fourth-order valence-corrected chi connectivity index (χ4v) is 4.37. The van der Waals surface area contributed by atoms with Crippen LogP contribution in [0.4, 0.5) is 0 Å². The predicted molar refractivity (Wildman–Crippen MR) is 126 cm³/mol. The number of nitrogens with zero attached hydrogens (tertiary/aromatic N) is 5. The maximum absolute atomic E-state index is 6.27. The highest BCUT2D eigenvalue weighted by atomic mass is 16.5. The first-order valence-corrected chi connectivity index (χ1v) is 10.8. The number of furan rings is 1. The molecule has 2 unspecified atom stereocenters. The molecule has 7 heteroatoms. The number of tetrazole rings is 1. The van der Waals surface area contributed by atoms with E-state index in [1.54, 1.807) is 13.3 Å². The summed E-state index contributed by atoms with van der Waals surface area (Å²) in [5.74, 6) is 0.582. The second-order valence-corrected chi connectivity index (χ2v) is 8.01. The Bertz CT molecular complexity index is 1500. The third-order valence-corrected chi connectivity index (χ3v) is 6.02. The topological polar surface area (TPSA) is 78.9 Å². The number of benzene rings is 2. The molecule has 0 N–H and O–H groups in total. The molecular formula is C26H21N5O2. The van der Waals surface area contributed by atoms with E-state index in [-0.39, 0.29) is 12.0 Å². The molecule has 1 aliphatic rings. The van der Waals surface area contributed by atoms with Crippen molar-refractivity contribution in [3.05, 3.63) is 90.7 Å². The third kappa shape index (κ3) is 3.52. The summed E-state index contributed by atoms with van der Waals surface area (Å²) in [6.07, 6.45) is 8.58. The fraction of sp³-hybridized carbons (Fsp3) is 0.154. The van der Waals surface area contributed by atoms with Crippen LogP contribution in [0.5, 0.6) is 0 Å². The molecule has 2 atom stereocenters. The third-order valence-electron chi connectivity index (χ3n) is 6.02. The van der Waals surface area contributed by atoms with E-state index in [0.29, 0.717) is 11.5 Å². The second kappa shape index (κ2) is 8.11. The van der Waals surface area contributed by atoms with Crippen molar-refractivity contribution >= 4 is 27.6 Å². The molecule has 6 rings (SSSR count). The van der Waals surface area contributed by atoms with E-state index in [0.717, 1.165) is 39.6 Å². The van der Waals surface area contributed by atoms with Crippen molar-refractivity contribution in [3.8, 4) is 11.5 Å². The highest BCUT2D eigenvalue weighted by Crippen LogP contribution is 2.37. The van der Waals surface area contributed by atoms with Gasteiger partial charge in [0.15, 0.2) is 0 Å². The van der Waals surface area contributed by atoms with E-state index in [2.05, 4.69) is 50.7 Å². The Balaban J connectivity index is 1.38. The van der Waals surface area contributed by atoms with E-state index in [1.165, 1.54) is 4.80 Å². The van der Waals surface area contributed by atoms with Gasteiger partial charge in [0, 0.05) is 35.6 Å². The smallest absolute Gasteiger partial charge is 0.223 e. The number of allylic oxidation sites excluding steroid dienone is 3. The lowest BCUT2D eigenvalue weighted by Gasteiger charge is -2.17.